The molecule has 0 saturated heterocycles. The minimum atomic E-state index is -0.690. The minimum Gasteiger partial charge on any atom is -0.506 e. The second kappa shape index (κ2) is 7.25. The van der Waals surface area contributed by atoms with Crippen LogP contribution in [0.15, 0.2) is 42.5 Å². The van der Waals surface area contributed by atoms with Crippen LogP contribution in [-0.2, 0) is 4.74 Å². The normalized spacial score (nSPS) is 10.9. The summed E-state index contributed by atoms with van der Waals surface area (Å²) in [5.41, 5.74) is 1.51. The first-order chi connectivity index (χ1) is 11.6. The third kappa shape index (κ3) is 5.53. The minimum absolute atomic E-state index is 0.126. The Kier molecular flexibility index (Phi) is 5.32. The van der Waals surface area contributed by atoms with Crippen molar-refractivity contribution in [1.29, 1.82) is 0 Å². The molecule has 0 heterocycles. The maximum atomic E-state index is 12.2. The van der Waals surface area contributed by atoms with Gasteiger partial charge in [-0.25, -0.2) is 4.79 Å². The highest BCUT2D eigenvalue weighted by Crippen LogP contribution is 2.27. The number of anilines is 2. The van der Waals surface area contributed by atoms with Gasteiger partial charge in [-0.1, -0.05) is 17.7 Å². The Labute approximate surface area is 146 Å². The van der Waals surface area contributed by atoms with Crippen molar-refractivity contribution >= 4 is 23.4 Å². The Bertz CT molecular complexity index is 777. The molecule has 0 aromatic heterocycles. The molecule has 0 bridgehead atoms. The lowest BCUT2D eigenvalue weighted by atomic mass is 10.1. The summed E-state index contributed by atoms with van der Waals surface area (Å²) in [5, 5.41) is 15.1. The molecule has 0 aliphatic heterocycles. The van der Waals surface area contributed by atoms with Gasteiger partial charge in [0.1, 0.15) is 11.4 Å². The lowest BCUT2D eigenvalue weighted by Gasteiger charge is -2.20. The number of hydrogen-bond donors (Lipinski definition) is 3. The first-order valence-electron chi connectivity index (χ1n) is 7.85. The number of benzene rings is 2. The molecule has 132 valence electrons. The summed E-state index contributed by atoms with van der Waals surface area (Å²) in [7, 11) is 0. The molecule has 2 aromatic carbocycles. The zero-order chi connectivity index (χ0) is 18.6. The molecule has 6 heteroatoms. The highest BCUT2D eigenvalue weighted by Gasteiger charge is 2.17. The lowest BCUT2D eigenvalue weighted by molar-refractivity contribution is 0.0635. The lowest BCUT2D eigenvalue weighted by Crippen LogP contribution is -2.27. The van der Waals surface area contributed by atoms with Crippen LogP contribution in [0, 0.1) is 6.92 Å². The number of carbonyl (C=O) groups is 2. The van der Waals surface area contributed by atoms with Gasteiger partial charge in [-0.15, -0.1) is 0 Å². The Balaban J connectivity index is 2.11. The molecule has 0 spiro atoms. The van der Waals surface area contributed by atoms with Gasteiger partial charge < -0.3 is 15.2 Å². The third-order valence-electron chi connectivity index (χ3n) is 3.20. The molecule has 0 atom stereocenters. The number of rotatable bonds is 3. The van der Waals surface area contributed by atoms with E-state index in [0.717, 1.165) is 5.56 Å². The van der Waals surface area contributed by atoms with Crippen LogP contribution in [0.1, 0.15) is 36.7 Å². The first kappa shape index (κ1) is 18.3. The number of hydrogen-bond acceptors (Lipinski definition) is 4. The maximum Gasteiger partial charge on any atom is 0.412 e. The molecule has 0 fully saturated rings. The monoisotopic (exact) mass is 342 g/mol. The van der Waals surface area contributed by atoms with Gasteiger partial charge in [0.05, 0.1) is 5.69 Å². The van der Waals surface area contributed by atoms with E-state index in [9.17, 15) is 14.7 Å². The van der Waals surface area contributed by atoms with Crippen LogP contribution in [0.25, 0.3) is 0 Å². The molecular formula is C19H22N2O4. The topological polar surface area (TPSA) is 87.7 Å². The number of nitrogens with one attached hydrogen (secondary N) is 2. The van der Waals surface area contributed by atoms with Gasteiger partial charge in [-0.3, -0.25) is 10.1 Å². The zero-order valence-corrected chi connectivity index (χ0v) is 14.7. The number of ether oxygens (including phenoxy) is 1. The standard InChI is InChI=1S/C19H22N2O4/c1-12-5-7-13(8-6-12)17(23)20-14-9-10-16(22)15(11-14)21-18(24)25-19(2,3)4/h5-11,22H,1-4H3,(H,20,23)(H,21,24). The van der Waals surface area contributed by atoms with Gasteiger partial charge in [-0.05, 0) is 58.0 Å². The fourth-order valence-electron chi connectivity index (χ4n) is 2.04. The number of aromatic hydroxyl groups is 1. The number of carbonyl (C=O) groups excluding carboxylic acids is 2. The molecule has 0 radical (unpaired) electrons. The molecule has 2 rings (SSSR count). The van der Waals surface area contributed by atoms with E-state index in [1.54, 1.807) is 39.0 Å². The summed E-state index contributed by atoms with van der Waals surface area (Å²) in [6, 6.07) is 11.5. The van der Waals surface area contributed by atoms with Crippen LogP contribution < -0.4 is 10.6 Å². The average Bonchev–Trinajstić information content (AvgIpc) is 2.49. The number of aryl methyl sites for hydroxylation is 1. The van der Waals surface area contributed by atoms with Crippen molar-refractivity contribution in [3.63, 3.8) is 0 Å². The molecule has 2 amide bonds. The average molecular weight is 342 g/mol. The van der Waals surface area contributed by atoms with Crippen LogP contribution in [0.4, 0.5) is 16.2 Å². The molecule has 6 nitrogen and oxygen atoms in total. The van der Waals surface area contributed by atoms with E-state index in [0.29, 0.717) is 11.3 Å². The van der Waals surface area contributed by atoms with Crippen molar-refractivity contribution in [2.24, 2.45) is 0 Å². The predicted octanol–water partition coefficient (Wildman–Crippen LogP) is 4.30. The van der Waals surface area contributed by atoms with E-state index in [2.05, 4.69) is 10.6 Å². The van der Waals surface area contributed by atoms with Crippen LogP contribution in [0.3, 0.4) is 0 Å². The second-order valence-corrected chi connectivity index (χ2v) is 6.68. The van der Waals surface area contributed by atoms with E-state index in [-0.39, 0.29) is 17.3 Å². The number of phenolic OH excluding ortho intramolecular Hbond substituents is 1. The van der Waals surface area contributed by atoms with E-state index in [1.807, 2.05) is 19.1 Å². The van der Waals surface area contributed by atoms with Crippen molar-refractivity contribution in [3.05, 3.63) is 53.6 Å². The van der Waals surface area contributed by atoms with Gasteiger partial charge in [0.15, 0.2) is 0 Å². The van der Waals surface area contributed by atoms with Crippen LogP contribution in [-0.4, -0.2) is 22.7 Å². The Morgan fingerprint density at radius 3 is 2.24 bits per heavy atom. The Hall–Kier alpha value is -3.02. The smallest absolute Gasteiger partial charge is 0.412 e. The van der Waals surface area contributed by atoms with Crippen molar-refractivity contribution in [3.8, 4) is 5.75 Å². The molecule has 0 aliphatic rings. The van der Waals surface area contributed by atoms with Gasteiger partial charge in [-0.2, -0.15) is 0 Å². The molecule has 0 aliphatic carbocycles. The predicted molar refractivity (Wildman–Crippen MR) is 97.1 cm³/mol. The summed E-state index contributed by atoms with van der Waals surface area (Å²) in [4.78, 5) is 24.1. The van der Waals surface area contributed by atoms with E-state index < -0.39 is 11.7 Å². The molecule has 0 saturated carbocycles. The van der Waals surface area contributed by atoms with Crippen molar-refractivity contribution < 1.29 is 19.4 Å². The Morgan fingerprint density at radius 2 is 1.64 bits per heavy atom. The summed E-state index contributed by atoms with van der Waals surface area (Å²) < 4.78 is 5.15. The van der Waals surface area contributed by atoms with Crippen molar-refractivity contribution in [2.45, 2.75) is 33.3 Å². The van der Waals surface area contributed by atoms with E-state index >= 15 is 0 Å². The second-order valence-electron chi connectivity index (χ2n) is 6.68. The van der Waals surface area contributed by atoms with Gasteiger partial charge in [0.2, 0.25) is 0 Å². The largest absolute Gasteiger partial charge is 0.506 e. The Morgan fingerprint density at radius 1 is 1.00 bits per heavy atom. The number of phenols is 1. The van der Waals surface area contributed by atoms with E-state index in [1.165, 1.54) is 12.1 Å². The summed E-state index contributed by atoms with van der Waals surface area (Å²) in [6.07, 6.45) is -0.690. The maximum absolute atomic E-state index is 12.2. The molecular weight excluding hydrogens is 320 g/mol. The van der Waals surface area contributed by atoms with Crippen LogP contribution >= 0.6 is 0 Å². The fraction of sp³-hybridized carbons (Fsp3) is 0.263. The molecule has 2 aromatic rings. The third-order valence-corrected chi connectivity index (χ3v) is 3.20. The van der Waals surface area contributed by atoms with E-state index in [4.69, 9.17) is 4.74 Å². The highest BCUT2D eigenvalue weighted by molar-refractivity contribution is 6.04. The van der Waals surface area contributed by atoms with Crippen molar-refractivity contribution in [1.82, 2.24) is 0 Å². The molecule has 3 N–H and O–H groups in total. The van der Waals surface area contributed by atoms with Crippen LogP contribution in [0.2, 0.25) is 0 Å². The zero-order valence-electron chi connectivity index (χ0n) is 14.7. The summed E-state index contributed by atoms with van der Waals surface area (Å²) >= 11 is 0. The molecule has 25 heavy (non-hydrogen) atoms. The fourth-order valence-corrected chi connectivity index (χ4v) is 2.04. The summed E-state index contributed by atoms with van der Waals surface area (Å²) in [6.45, 7) is 7.16. The molecule has 0 unspecified atom stereocenters. The van der Waals surface area contributed by atoms with Gasteiger partial charge in [0, 0.05) is 11.3 Å². The number of amides is 2. The SMILES string of the molecule is Cc1ccc(C(=O)Nc2ccc(O)c(NC(=O)OC(C)(C)C)c2)cc1. The van der Waals surface area contributed by atoms with Crippen molar-refractivity contribution in [2.75, 3.05) is 10.6 Å². The first-order valence-corrected chi connectivity index (χ1v) is 7.85. The highest BCUT2D eigenvalue weighted by atomic mass is 16.6. The summed E-state index contributed by atoms with van der Waals surface area (Å²) in [5.74, 6) is -0.409. The van der Waals surface area contributed by atoms with Gasteiger partial charge >= 0.3 is 6.09 Å². The van der Waals surface area contributed by atoms with Crippen LogP contribution in [0.5, 0.6) is 5.75 Å². The quantitative estimate of drug-likeness (QED) is 0.573. The van der Waals surface area contributed by atoms with Gasteiger partial charge in [0.25, 0.3) is 5.91 Å².